The zero-order valence-electron chi connectivity index (χ0n) is 13.5. The first kappa shape index (κ1) is 15.5. The van der Waals surface area contributed by atoms with E-state index in [-0.39, 0.29) is 16.6 Å². The van der Waals surface area contributed by atoms with E-state index in [4.69, 9.17) is 4.74 Å². The number of aryl methyl sites for hydroxylation is 1. The van der Waals surface area contributed by atoms with Crippen molar-refractivity contribution in [1.29, 1.82) is 0 Å². The van der Waals surface area contributed by atoms with Gasteiger partial charge in [-0.1, -0.05) is 12.1 Å². The Labute approximate surface area is 143 Å². The number of hydrogen-bond acceptors (Lipinski definition) is 5. The number of nitrogens with one attached hydrogen (secondary N) is 3. The Hall–Kier alpha value is -3.07. The van der Waals surface area contributed by atoms with Gasteiger partial charge in [0, 0.05) is 23.2 Å². The van der Waals surface area contributed by atoms with Crippen LogP contribution in [0, 0.1) is 6.92 Å². The molecule has 9 heteroatoms. The van der Waals surface area contributed by atoms with Crippen LogP contribution in [0.15, 0.2) is 41.7 Å². The molecule has 128 valence electrons. The highest BCUT2D eigenvalue weighted by atomic mass is 32.2. The fourth-order valence-corrected chi connectivity index (χ4v) is 3.95. The molecule has 0 radical (unpaired) electrons. The summed E-state index contributed by atoms with van der Waals surface area (Å²) < 4.78 is 33.2. The van der Waals surface area contributed by atoms with E-state index >= 15 is 0 Å². The highest BCUT2D eigenvalue weighted by Gasteiger charge is 2.23. The maximum Gasteiger partial charge on any atom is 0.265 e. The molecule has 3 aromatic heterocycles. The van der Waals surface area contributed by atoms with Gasteiger partial charge < -0.3 is 14.7 Å². The Morgan fingerprint density at radius 2 is 2.00 bits per heavy atom. The van der Waals surface area contributed by atoms with Crippen LogP contribution < -0.4 is 9.46 Å². The predicted octanol–water partition coefficient (Wildman–Crippen LogP) is 2.56. The summed E-state index contributed by atoms with van der Waals surface area (Å²) in [6.45, 7) is 1.75. The van der Waals surface area contributed by atoms with Crippen molar-refractivity contribution in [2.24, 2.45) is 0 Å². The maximum atomic E-state index is 12.8. The first-order valence-corrected chi connectivity index (χ1v) is 8.95. The number of nitrogens with zero attached hydrogens (tertiary/aromatic N) is 2. The second-order valence-corrected chi connectivity index (χ2v) is 7.21. The summed E-state index contributed by atoms with van der Waals surface area (Å²) in [4.78, 5) is 14.5. The number of anilines is 1. The molecule has 0 aliphatic rings. The number of fused-ring (bicyclic) bond motifs is 3. The number of methoxy groups -OCH3 is 1. The lowest BCUT2D eigenvalue weighted by molar-refractivity contribution is 0.397. The van der Waals surface area contributed by atoms with E-state index in [1.807, 2.05) is 18.3 Å². The average molecular weight is 357 g/mol. The molecular weight excluding hydrogens is 342 g/mol. The number of rotatable bonds is 4. The Kier molecular flexibility index (Phi) is 3.39. The third-order valence-corrected chi connectivity index (χ3v) is 5.29. The van der Waals surface area contributed by atoms with Crippen molar-refractivity contribution >= 4 is 37.6 Å². The van der Waals surface area contributed by atoms with Gasteiger partial charge >= 0.3 is 0 Å². The number of H-pyrrole nitrogens is 2. The van der Waals surface area contributed by atoms with Gasteiger partial charge in [-0.25, -0.2) is 18.4 Å². The van der Waals surface area contributed by atoms with Gasteiger partial charge in [0.2, 0.25) is 5.82 Å². The second kappa shape index (κ2) is 5.49. The summed E-state index contributed by atoms with van der Waals surface area (Å²) in [6.07, 6.45) is 4.74. The fraction of sp³-hybridized carbons (Fsp3) is 0.125. The largest absolute Gasteiger partial charge is 0.478 e. The van der Waals surface area contributed by atoms with Gasteiger partial charge in [0.15, 0.2) is 0 Å². The Balaban J connectivity index is 1.82. The van der Waals surface area contributed by atoms with Crippen molar-refractivity contribution < 1.29 is 13.2 Å². The van der Waals surface area contributed by atoms with Crippen molar-refractivity contribution in [3.8, 4) is 5.88 Å². The Morgan fingerprint density at radius 3 is 2.80 bits per heavy atom. The molecule has 0 spiro atoms. The van der Waals surface area contributed by atoms with E-state index < -0.39 is 10.0 Å². The smallest absolute Gasteiger partial charge is 0.265 e. The first-order chi connectivity index (χ1) is 12.0. The summed E-state index contributed by atoms with van der Waals surface area (Å²) in [5.41, 5.74) is 2.21. The van der Waals surface area contributed by atoms with Crippen LogP contribution in [0.5, 0.6) is 5.88 Å². The van der Waals surface area contributed by atoms with E-state index in [0.29, 0.717) is 11.1 Å². The zero-order chi connectivity index (χ0) is 17.6. The number of aromatic nitrogens is 4. The monoisotopic (exact) mass is 357 g/mol. The Morgan fingerprint density at radius 1 is 1.16 bits per heavy atom. The molecule has 0 bridgehead atoms. The summed E-state index contributed by atoms with van der Waals surface area (Å²) in [5.74, 6) is 0.165. The third-order valence-electron chi connectivity index (χ3n) is 3.92. The fourth-order valence-electron chi connectivity index (χ4n) is 2.77. The van der Waals surface area contributed by atoms with Crippen molar-refractivity contribution in [3.63, 3.8) is 0 Å². The minimum atomic E-state index is -3.87. The lowest BCUT2D eigenvalue weighted by atomic mass is 10.2. The number of hydrogen-bond donors (Lipinski definition) is 3. The standard InChI is InChI=1S/C16H15N5O3S/c1-9-7-19-15(16(20-9)24-2)21-25(22,23)12-8-18-14-11(12)4-3-10-5-6-17-13(10)14/h3-8,17-18H,1-2H3,(H,19,21). The molecular formula is C16H15N5O3S. The maximum absolute atomic E-state index is 12.8. The van der Waals surface area contributed by atoms with Crippen molar-refractivity contribution in [3.05, 3.63) is 42.5 Å². The van der Waals surface area contributed by atoms with E-state index in [0.717, 1.165) is 16.4 Å². The van der Waals surface area contributed by atoms with Crippen molar-refractivity contribution in [2.45, 2.75) is 11.8 Å². The van der Waals surface area contributed by atoms with Crippen LogP contribution in [-0.2, 0) is 10.0 Å². The third kappa shape index (κ3) is 2.49. The summed E-state index contributed by atoms with van der Waals surface area (Å²) in [7, 11) is -2.46. The average Bonchev–Trinajstić information content (AvgIpc) is 3.21. The Bertz CT molecular complexity index is 1190. The van der Waals surface area contributed by atoms with Crippen LogP contribution in [0.2, 0.25) is 0 Å². The summed E-state index contributed by atoms with van der Waals surface area (Å²) in [6, 6.07) is 5.57. The van der Waals surface area contributed by atoms with Crippen molar-refractivity contribution in [1.82, 2.24) is 19.9 Å². The van der Waals surface area contributed by atoms with Gasteiger partial charge in [0.25, 0.3) is 15.9 Å². The predicted molar refractivity (Wildman–Crippen MR) is 94.3 cm³/mol. The molecule has 8 nitrogen and oxygen atoms in total. The molecule has 4 aromatic rings. The number of aromatic amines is 2. The van der Waals surface area contributed by atoms with Gasteiger partial charge in [0.05, 0.1) is 30.0 Å². The van der Waals surface area contributed by atoms with Crippen LogP contribution in [0.25, 0.3) is 21.8 Å². The van der Waals surface area contributed by atoms with Crippen LogP contribution in [0.3, 0.4) is 0 Å². The summed E-state index contributed by atoms with van der Waals surface area (Å²) >= 11 is 0. The molecule has 0 saturated carbocycles. The van der Waals surface area contributed by atoms with Gasteiger partial charge in [-0.15, -0.1) is 0 Å². The molecule has 0 aliphatic heterocycles. The number of sulfonamides is 1. The molecule has 0 aliphatic carbocycles. The first-order valence-electron chi connectivity index (χ1n) is 7.47. The molecule has 3 N–H and O–H groups in total. The molecule has 0 unspecified atom stereocenters. The van der Waals surface area contributed by atoms with E-state index in [2.05, 4.69) is 24.7 Å². The highest BCUT2D eigenvalue weighted by Crippen LogP contribution is 2.30. The molecule has 3 heterocycles. The molecule has 1 aromatic carbocycles. The van der Waals surface area contributed by atoms with Gasteiger partial charge in [0.1, 0.15) is 4.90 Å². The van der Waals surface area contributed by atoms with E-state index in [9.17, 15) is 8.42 Å². The molecule has 0 fully saturated rings. The molecule has 0 amide bonds. The van der Waals surface area contributed by atoms with Crippen LogP contribution in [0.4, 0.5) is 5.82 Å². The molecule has 0 atom stereocenters. The zero-order valence-corrected chi connectivity index (χ0v) is 14.3. The van der Waals surface area contributed by atoms with Crippen LogP contribution in [-0.4, -0.2) is 35.5 Å². The molecule has 0 saturated heterocycles. The molecule has 25 heavy (non-hydrogen) atoms. The normalized spacial score (nSPS) is 11.9. The van der Waals surface area contributed by atoms with E-state index in [1.54, 1.807) is 13.0 Å². The quantitative estimate of drug-likeness (QED) is 0.519. The van der Waals surface area contributed by atoms with Gasteiger partial charge in [-0.05, 0) is 13.0 Å². The van der Waals surface area contributed by atoms with Crippen molar-refractivity contribution in [2.75, 3.05) is 11.8 Å². The number of benzene rings is 1. The van der Waals surface area contributed by atoms with Gasteiger partial charge in [-0.2, -0.15) is 0 Å². The van der Waals surface area contributed by atoms with Crippen LogP contribution in [0.1, 0.15) is 5.69 Å². The second-order valence-electron chi connectivity index (χ2n) is 5.56. The summed E-state index contributed by atoms with van der Waals surface area (Å²) in [5, 5.41) is 1.58. The topological polar surface area (TPSA) is 113 Å². The lowest BCUT2D eigenvalue weighted by Gasteiger charge is -2.10. The minimum absolute atomic E-state index is 0.0448. The van der Waals surface area contributed by atoms with Gasteiger partial charge in [-0.3, -0.25) is 4.72 Å². The molecule has 4 rings (SSSR count). The van der Waals surface area contributed by atoms with E-state index in [1.165, 1.54) is 19.5 Å². The highest BCUT2D eigenvalue weighted by molar-refractivity contribution is 7.93. The van der Waals surface area contributed by atoms with Crippen LogP contribution >= 0.6 is 0 Å². The lowest BCUT2D eigenvalue weighted by Crippen LogP contribution is -2.15. The SMILES string of the molecule is COc1nc(C)cnc1NS(=O)(=O)c1c[nH]c2c1ccc1cc[nH]c12. The number of ether oxygens (including phenoxy) is 1. The minimum Gasteiger partial charge on any atom is -0.478 e.